The minimum atomic E-state index is -3.40. The standard InChI is InChI=1S/C14H14N2O5S2/c1-3-21-13(18)11-8-22-14(15-11)16-12(17)9-5-4-6-10(7-9)23(2,19)20/h4-8H,3H2,1-2H3,(H,15,16,17). The predicted octanol–water partition coefficient (Wildman–Crippen LogP) is 1.98. The molecule has 0 bridgehead atoms. The van der Waals surface area contributed by atoms with Gasteiger partial charge in [-0.2, -0.15) is 0 Å². The van der Waals surface area contributed by atoms with Crippen molar-refractivity contribution in [3.8, 4) is 0 Å². The second-order valence-electron chi connectivity index (χ2n) is 4.51. The number of thiazole rings is 1. The van der Waals surface area contributed by atoms with E-state index in [-0.39, 0.29) is 27.9 Å². The molecule has 1 aromatic heterocycles. The maximum Gasteiger partial charge on any atom is 0.357 e. The number of amides is 1. The molecule has 2 rings (SSSR count). The topological polar surface area (TPSA) is 102 Å². The van der Waals surface area contributed by atoms with Gasteiger partial charge in [0.15, 0.2) is 20.7 Å². The molecule has 1 aromatic carbocycles. The third-order valence-corrected chi connectivity index (χ3v) is 4.60. The number of nitrogens with one attached hydrogen (secondary N) is 1. The minimum absolute atomic E-state index is 0.0523. The molecule has 0 saturated heterocycles. The first-order chi connectivity index (χ1) is 10.8. The van der Waals surface area contributed by atoms with Gasteiger partial charge < -0.3 is 4.74 Å². The monoisotopic (exact) mass is 354 g/mol. The Morgan fingerprint density at radius 3 is 2.74 bits per heavy atom. The summed E-state index contributed by atoms with van der Waals surface area (Å²) < 4.78 is 27.8. The number of esters is 1. The molecule has 0 spiro atoms. The SMILES string of the molecule is CCOC(=O)c1csc(NC(=O)c2cccc(S(C)(=O)=O)c2)n1. The molecule has 0 aliphatic carbocycles. The Morgan fingerprint density at radius 1 is 1.35 bits per heavy atom. The number of rotatable bonds is 5. The highest BCUT2D eigenvalue weighted by Crippen LogP contribution is 2.18. The fraction of sp³-hybridized carbons (Fsp3) is 0.214. The molecule has 122 valence electrons. The molecule has 9 heteroatoms. The van der Waals surface area contributed by atoms with Crippen LogP contribution < -0.4 is 5.32 Å². The fourth-order valence-corrected chi connectivity index (χ4v) is 3.01. The van der Waals surface area contributed by atoms with Gasteiger partial charge in [-0.1, -0.05) is 6.07 Å². The van der Waals surface area contributed by atoms with E-state index in [4.69, 9.17) is 4.74 Å². The molecule has 0 radical (unpaired) electrons. The van der Waals surface area contributed by atoms with Gasteiger partial charge in [0.25, 0.3) is 5.91 Å². The molecule has 0 aliphatic heterocycles. The van der Waals surface area contributed by atoms with Gasteiger partial charge in [-0.3, -0.25) is 10.1 Å². The van der Waals surface area contributed by atoms with Crippen LogP contribution in [0.5, 0.6) is 0 Å². The number of hydrogen-bond acceptors (Lipinski definition) is 7. The van der Waals surface area contributed by atoms with Crippen molar-refractivity contribution in [3.63, 3.8) is 0 Å². The summed E-state index contributed by atoms with van der Waals surface area (Å²) in [5, 5.41) is 4.22. The van der Waals surface area contributed by atoms with E-state index < -0.39 is 21.7 Å². The van der Waals surface area contributed by atoms with Crippen molar-refractivity contribution >= 4 is 38.2 Å². The average Bonchev–Trinajstić information content (AvgIpc) is 2.95. The summed E-state index contributed by atoms with van der Waals surface area (Å²) in [5.41, 5.74) is 0.290. The van der Waals surface area contributed by atoms with Crippen LogP contribution in [0.25, 0.3) is 0 Å². The highest BCUT2D eigenvalue weighted by molar-refractivity contribution is 7.90. The molecule has 1 heterocycles. The lowest BCUT2D eigenvalue weighted by molar-refractivity contribution is 0.0520. The Labute approximate surface area is 137 Å². The molecular weight excluding hydrogens is 340 g/mol. The van der Waals surface area contributed by atoms with Crippen molar-refractivity contribution in [3.05, 3.63) is 40.9 Å². The lowest BCUT2D eigenvalue weighted by Crippen LogP contribution is -2.13. The van der Waals surface area contributed by atoms with Crippen LogP contribution in [0.1, 0.15) is 27.8 Å². The summed E-state index contributed by atoms with van der Waals surface area (Å²) in [6, 6.07) is 5.67. The molecule has 7 nitrogen and oxygen atoms in total. The molecule has 2 aromatic rings. The molecule has 1 amide bonds. The van der Waals surface area contributed by atoms with E-state index in [9.17, 15) is 18.0 Å². The quantitative estimate of drug-likeness (QED) is 0.824. The van der Waals surface area contributed by atoms with Gasteiger partial charge in [0.05, 0.1) is 11.5 Å². The second kappa shape index (κ2) is 6.88. The Hall–Kier alpha value is -2.26. The second-order valence-corrected chi connectivity index (χ2v) is 7.39. The molecule has 0 unspecified atom stereocenters. The van der Waals surface area contributed by atoms with E-state index in [1.807, 2.05) is 0 Å². The zero-order valence-corrected chi connectivity index (χ0v) is 14.0. The first kappa shape index (κ1) is 17.1. The third kappa shape index (κ3) is 4.36. The van der Waals surface area contributed by atoms with E-state index in [0.717, 1.165) is 17.6 Å². The van der Waals surface area contributed by atoms with Crippen LogP contribution in [0.15, 0.2) is 34.5 Å². The Balaban J connectivity index is 2.15. The Bertz CT molecular complexity index is 842. The van der Waals surface area contributed by atoms with Crippen molar-refractivity contribution in [1.29, 1.82) is 0 Å². The molecular formula is C14H14N2O5S2. The lowest BCUT2D eigenvalue weighted by Gasteiger charge is -2.04. The minimum Gasteiger partial charge on any atom is -0.461 e. The number of carbonyl (C=O) groups excluding carboxylic acids is 2. The zero-order chi connectivity index (χ0) is 17.0. The van der Waals surface area contributed by atoms with E-state index in [2.05, 4.69) is 10.3 Å². The molecule has 1 N–H and O–H groups in total. The maximum absolute atomic E-state index is 12.1. The van der Waals surface area contributed by atoms with Crippen LogP contribution in [0.3, 0.4) is 0 Å². The predicted molar refractivity (Wildman–Crippen MR) is 85.6 cm³/mol. The van der Waals surface area contributed by atoms with Gasteiger partial charge in [0.1, 0.15) is 0 Å². The lowest BCUT2D eigenvalue weighted by atomic mass is 10.2. The van der Waals surface area contributed by atoms with Gasteiger partial charge in [-0.15, -0.1) is 11.3 Å². The number of hydrogen-bond donors (Lipinski definition) is 1. The summed E-state index contributed by atoms with van der Waals surface area (Å²) in [5.74, 6) is -1.08. The summed E-state index contributed by atoms with van der Waals surface area (Å²) in [7, 11) is -3.40. The Morgan fingerprint density at radius 2 is 2.09 bits per heavy atom. The van der Waals surface area contributed by atoms with E-state index in [1.54, 1.807) is 6.92 Å². The van der Waals surface area contributed by atoms with Crippen molar-refractivity contribution < 1.29 is 22.7 Å². The normalized spacial score (nSPS) is 11.0. The molecule has 0 fully saturated rings. The van der Waals surface area contributed by atoms with E-state index >= 15 is 0 Å². The zero-order valence-electron chi connectivity index (χ0n) is 12.4. The van der Waals surface area contributed by atoms with Crippen molar-refractivity contribution in [2.24, 2.45) is 0 Å². The number of sulfone groups is 1. The van der Waals surface area contributed by atoms with Gasteiger partial charge >= 0.3 is 5.97 Å². The largest absolute Gasteiger partial charge is 0.461 e. The third-order valence-electron chi connectivity index (χ3n) is 2.73. The molecule has 23 heavy (non-hydrogen) atoms. The highest BCUT2D eigenvalue weighted by atomic mass is 32.2. The first-order valence-electron chi connectivity index (χ1n) is 6.55. The number of ether oxygens (including phenoxy) is 1. The molecule has 0 aliphatic rings. The Kier molecular flexibility index (Phi) is 5.12. The van der Waals surface area contributed by atoms with Crippen LogP contribution in [0.2, 0.25) is 0 Å². The van der Waals surface area contributed by atoms with E-state index in [1.165, 1.54) is 29.6 Å². The fourth-order valence-electron chi connectivity index (χ4n) is 1.67. The average molecular weight is 354 g/mol. The number of carbonyl (C=O) groups is 2. The maximum atomic E-state index is 12.1. The number of aromatic nitrogens is 1. The molecule has 0 saturated carbocycles. The van der Waals surface area contributed by atoms with Crippen molar-refractivity contribution in [2.45, 2.75) is 11.8 Å². The van der Waals surface area contributed by atoms with Crippen LogP contribution in [-0.4, -0.2) is 38.1 Å². The summed E-state index contributed by atoms with van der Waals surface area (Å²) in [6.45, 7) is 1.91. The number of benzene rings is 1. The highest BCUT2D eigenvalue weighted by Gasteiger charge is 2.15. The molecule has 0 atom stereocenters. The van der Waals surface area contributed by atoms with Crippen molar-refractivity contribution in [1.82, 2.24) is 4.98 Å². The van der Waals surface area contributed by atoms with Crippen LogP contribution in [0.4, 0.5) is 5.13 Å². The van der Waals surface area contributed by atoms with Crippen molar-refractivity contribution in [2.75, 3.05) is 18.2 Å². The number of anilines is 1. The first-order valence-corrected chi connectivity index (χ1v) is 9.32. The van der Waals surface area contributed by atoms with Crippen LogP contribution in [0, 0.1) is 0 Å². The number of nitrogens with zero attached hydrogens (tertiary/aromatic N) is 1. The van der Waals surface area contributed by atoms with Crippen LogP contribution >= 0.6 is 11.3 Å². The smallest absolute Gasteiger partial charge is 0.357 e. The summed E-state index contributed by atoms with van der Waals surface area (Å²) in [4.78, 5) is 27.7. The van der Waals surface area contributed by atoms with Gasteiger partial charge in [0, 0.05) is 17.2 Å². The van der Waals surface area contributed by atoms with Gasteiger partial charge in [0.2, 0.25) is 0 Å². The van der Waals surface area contributed by atoms with Gasteiger partial charge in [-0.05, 0) is 25.1 Å². The van der Waals surface area contributed by atoms with E-state index in [0.29, 0.717) is 0 Å². The summed E-state index contributed by atoms with van der Waals surface area (Å²) >= 11 is 1.07. The summed E-state index contributed by atoms with van der Waals surface area (Å²) in [6.07, 6.45) is 1.07. The van der Waals surface area contributed by atoms with Gasteiger partial charge in [-0.25, -0.2) is 18.2 Å². The van der Waals surface area contributed by atoms with Crippen LogP contribution in [-0.2, 0) is 14.6 Å².